The minimum atomic E-state index is -0.422. The molecule has 0 saturated carbocycles. The van der Waals surface area contributed by atoms with Crippen molar-refractivity contribution in [2.24, 2.45) is 0 Å². The summed E-state index contributed by atoms with van der Waals surface area (Å²) in [4.78, 5) is 1.24. The molecule has 18 heavy (non-hydrogen) atoms. The third-order valence-corrected chi connectivity index (χ3v) is 3.98. The van der Waals surface area contributed by atoms with Crippen molar-refractivity contribution in [2.45, 2.75) is 25.9 Å². The van der Waals surface area contributed by atoms with Crippen LogP contribution < -0.4 is 5.32 Å². The average Bonchev–Trinajstić information content (AvgIpc) is 2.81. The van der Waals surface area contributed by atoms with E-state index >= 15 is 0 Å². The zero-order valence-corrected chi connectivity index (χ0v) is 11.2. The van der Waals surface area contributed by atoms with Crippen molar-refractivity contribution in [3.63, 3.8) is 0 Å². The Bertz CT molecular complexity index is 513. The van der Waals surface area contributed by atoms with Crippen LogP contribution in [0.2, 0.25) is 0 Å². The molecule has 96 valence electrons. The van der Waals surface area contributed by atoms with Crippen molar-refractivity contribution < 1.29 is 9.50 Å². The van der Waals surface area contributed by atoms with Crippen molar-refractivity contribution in [3.05, 3.63) is 52.0 Å². The van der Waals surface area contributed by atoms with E-state index in [1.807, 2.05) is 18.4 Å². The van der Waals surface area contributed by atoms with Gasteiger partial charge >= 0.3 is 0 Å². The fourth-order valence-corrected chi connectivity index (χ4v) is 2.71. The highest BCUT2D eigenvalue weighted by Crippen LogP contribution is 2.28. The zero-order chi connectivity index (χ0) is 13.1. The van der Waals surface area contributed by atoms with Gasteiger partial charge < -0.3 is 10.4 Å². The molecule has 2 aromatic rings. The molecular formula is C14H16FNOS. The Morgan fingerprint density at radius 3 is 2.61 bits per heavy atom. The number of hydrogen-bond donors (Lipinski definition) is 2. The Morgan fingerprint density at radius 1 is 1.22 bits per heavy atom. The van der Waals surface area contributed by atoms with Gasteiger partial charge in [0, 0.05) is 28.6 Å². The predicted molar refractivity (Wildman–Crippen MR) is 72.3 cm³/mol. The van der Waals surface area contributed by atoms with Crippen LogP contribution in [0, 0.1) is 5.82 Å². The molecule has 0 bridgehead atoms. The molecule has 2 rings (SSSR count). The third kappa shape index (κ3) is 2.89. The minimum Gasteiger partial charge on any atom is -0.508 e. The van der Waals surface area contributed by atoms with Crippen LogP contribution in [-0.4, -0.2) is 5.11 Å². The van der Waals surface area contributed by atoms with Crippen molar-refractivity contribution in [1.29, 1.82) is 0 Å². The standard InChI is InChI=1S/C14H16FNOS/c1-9(12-6-5-11(15)8-13(12)17)16-10(2)14-4-3-7-18-14/h3-10,16-17H,1-2H3/t9?,10-/m1/s1. The molecule has 0 fully saturated rings. The Hall–Kier alpha value is -1.39. The molecule has 0 saturated heterocycles. The summed E-state index contributed by atoms with van der Waals surface area (Å²) in [5, 5.41) is 15.1. The smallest absolute Gasteiger partial charge is 0.126 e. The largest absolute Gasteiger partial charge is 0.508 e. The summed E-state index contributed by atoms with van der Waals surface area (Å²) in [6.45, 7) is 4.03. The molecule has 4 heteroatoms. The average molecular weight is 265 g/mol. The predicted octanol–water partition coefficient (Wildman–Crippen LogP) is 4.00. The van der Waals surface area contributed by atoms with E-state index in [2.05, 4.69) is 18.3 Å². The number of phenolic OH excluding ortho intramolecular Hbond substituents is 1. The molecule has 0 spiro atoms. The second-order valence-electron chi connectivity index (χ2n) is 4.33. The summed E-state index contributed by atoms with van der Waals surface area (Å²) in [5.41, 5.74) is 0.708. The highest BCUT2D eigenvalue weighted by atomic mass is 32.1. The van der Waals surface area contributed by atoms with E-state index in [1.54, 1.807) is 17.4 Å². The number of halogens is 1. The molecule has 1 unspecified atom stereocenters. The molecule has 2 nitrogen and oxygen atoms in total. The maximum absolute atomic E-state index is 12.9. The first-order valence-electron chi connectivity index (χ1n) is 5.86. The molecule has 0 radical (unpaired) electrons. The van der Waals surface area contributed by atoms with E-state index in [-0.39, 0.29) is 17.8 Å². The summed E-state index contributed by atoms with van der Waals surface area (Å²) in [7, 11) is 0. The first-order valence-corrected chi connectivity index (χ1v) is 6.73. The Morgan fingerprint density at radius 2 is 2.00 bits per heavy atom. The molecule has 1 aromatic heterocycles. The number of thiophene rings is 1. The van der Waals surface area contributed by atoms with Crippen LogP contribution in [-0.2, 0) is 0 Å². The second kappa shape index (κ2) is 5.50. The molecular weight excluding hydrogens is 249 g/mol. The first-order chi connectivity index (χ1) is 8.58. The van der Waals surface area contributed by atoms with Gasteiger partial charge in [0.1, 0.15) is 11.6 Å². The summed E-state index contributed by atoms with van der Waals surface area (Å²) in [6.07, 6.45) is 0. The minimum absolute atomic E-state index is 0.00613. The summed E-state index contributed by atoms with van der Waals surface area (Å²) >= 11 is 1.69. The van der Waals surface area contributed by atoms with Crippen LogP contribution in [0.3, 0.4) is 0 Å². The Kier molecular flexibility index (Phi) is 3.99. The quantitative estimate of drug-likeness (QED) is 0.875. The van der Waals surface area contributed by atoms with Gasteiger partial charge in [0.15, 0.2) is 0 Å². The van der Waals surface area contributed by atoms with Crippen LogP contribution in [0.25, 0.3) is 0 Å². The van der Waals surface area contributed by atoms with Gasteiger partial charge in [0.2, 0.25) is 0 Å². The van der Waals surface area contributed by atoms with Gasteiger partial charge in [-0.3, -0.25) is 0 Å². The topological polar surface area (TPSA) is 32.3 Å². The van der Waals surface area contributed by atoms with E-state index in [0.717, 1.165) is 6.07 Å². The van der Waals surface area contributed by atoms with Crippen LogP contribution in [0.1, 0.15) is 36.4 Å². The Balaban J connectivity index is 2.10. The van der Waals surface area contributed by atoms with Crippen molar-refractivity contribution in [3.8, 4) is 5.75 Å². The lowest BCUT2D eigenvalue weighted by Crippen LogP contribution is -2.21. The van der Waals surface area contributed by atoms with Crippen molar-refractivity contribution in [1.82, 2.24) is 5.32 Å². The second-order valence-corrected chi connectivity index (χ2v) is 5.31. The molecule has 0 aliphatic rings. The molecule has 1 aromatic carbocycles. The molecule has 0 aliphatic carbocycles. The van der Waals surface area contributed by atoms with E-state index < -0.39 is 5.82 Å². The van der Waals surface area contributed by atoms with Gasteiger partial charge in [-0.1, -0.05) is 12.1 Å². The molecule has 2 atom stereocenters. The first kappa shape index (κ1) is 13.1. The lowest BCUT2D eigenvalue weighted by molar-refractivity contribution is 0.435. The van der Waals surface area contributed by atoms with E-state index in [1.165, 1.54) is 10.9 Å². The maximum atomic E-state index is 12.9. The summed E-state index contributed by atoms with van der Waals surface area (Å²) in [6, 6.07) is 8.36. The number of nitrogens with one attached hydrogen (secondary N) is 1. The monoisotopic (exact) mass is 265 g/mol. The van der Waals surface area contributed by atoms with E-state index in [0.29, 0.717) is 5.56 Å². The van der Waals surface area contributed by atoms with Gasteiger partial charge in [-0.2, -0.15) is 0 Å². The normalized spacial score (nSPS) is 14.4. The van der Waals surface area contributed by atoms with E-state index in [4.69, 9.17) is 0 Å². The van der Waals surface area contributed by atoms with Crippen molar-refractivity contribution >= 4 is 11.3 Å². The number of phenols is 1. The number of rotatable bonds is 4. The number of hydrogen-bond acceptors (Lipinski definition) is 3. The van der Waals surface area contributed by atoms with Crippen LogP contribution >= 0.6 is 11.3 Å². The molecule has 2 N–H and O–H groups in total. The van der Waals surface area contributed by atoms with Crippen molar-refractivity contribution in [2.75, 3.05) is 0 Å². The van der Waals surface area contributed by atoms with Gasteiger partial charge in [-0.25, -0.2) is 4.39 Å². The highest BCUT2D eigenvalue weighted by molar-refractivity contribution is 7.10. The summed E-state index contributed by atoms with van der Waals surface area (Å²) in [5.74, 6) is -0.428. The zero-order valence-electron chi connectivity index (χ0n) is 10.4. The lowest BCUT2D eigenvalue weighted by atomic mass is 10.1. The van der Waals surface area contributed by atoms with Gasteiger partial charge in [-0.05, 0) is 31.4 Å². The van der Waals surface area contributed by atoms with Crippen LogP contribution in [0.4, 0.5) is 4.39 Å². The third-order valence-electron chi connectivity index (χ3n) is 2.93. The van der Waals surface area contributed by atoms with Gasteiger partial charge in [-0.15, -0.1) is 11.3 Å². The fraction of sp³-hybridized carbons (Fsp3) is 0.286. The van der Waals surface area contributed by atoms with Crippen LogP contribution in [0.5, 0.6) is 5.75 Å². The molecule has 1 heterocycles. The SMILES string of the molecule is CC(N[C@H](C)c1cccs1)c1ccc(F)cc1O. The Labute approximate surface area is 110 Å². The fourth-order valence-electron chi connectivity index (χ4n) is 1.97. The van der Waals surface area contributed by atoms with Gasteiger partial charge in [0.05, 0.1) is 0 Å². The molecule has 0 amide bonds. The maximum Gasteiger partial charge on any atom is 0.126 e. The van der Waals surface area contributed by atoms with E-state index in [9.17, 15) is 9.50 Å². The number of benzene rings is 1. The lowest BCUT2D eigenvalue weighted by Gasteiger charge is -2.20. The van der Waals surface area contributed by atoms with Crippen LogP contribution in [0.15, 0.2) is 35.7 Å². The highest BCUT2D eigenvalue weighted by Gasteiger charge is 2.15. The van der Waals surface area contributed by atoms with Gasteiger partial charge in [0.25, 0.3) is 0 Å². The summed E-state index contributed by atoms with van der Waals surface area (Å²) < 4.78 is 12.9. The molecule has 0 aliphatic heterocycles. The number of aromatic hydroxyl groups is 1.